The molecule has 0 spiro atoms. The Morgan fingerprint density at radius 3 is 3.05 bits per heavy atom. The highest BCUT2D eigenvalue weighted by Gasteiger charge is 2.28. The smallest absolute Gasteiger partial charge is 0.279 e. The highest BCUT2D eigenvalue weighted by atomic mass is 32.2. The summed E-state index contributed by atoms with van der Waals surface area (Å²) in [5, 5.41) is 9.14. The third kappa shape index (κ3) is 3.73. The summed E-state index contributed by atoms with van der Waals surface area (Å²) >= 11 is 1.45. The SMILES string of the molecule is Cc1ncsc1CNS(=O)(=O)N1CCCC(CO)C1. The minimum atomic E-state index is -3.47. The van der Waals surface area contributed by atoms with Crippen molar-refractivity contribution in [2.45, 2.75) is 26.3 Å². The second-order valence-corrected chi connectivity index (χ2v) is 7.43. The zero-order chi connectivity index (χ0) is 13.9. The van der Waals surface area contributed by atoms with Crippen molar-refractivity contribution in [2.24, 2.45) is 5.92 Å². The molecule has 1 unspecified atom stereocenters. The predicted molar refractivity (Wildman–Crippen MR) is 74.0 cm³/mol. The van der Waals surface area contributed by atoms with Crippen molar-refractivity contribution in [3.63, 3.8) is 0 Å². The summed E-state index contributed by atoms with van der Waals surface area (Å²) in [6, 6.07) is 0. The first-order chi connectivity index (χ1) is 9.03. The maximum atomic E-state index is 12.2. The van der Waals surface area contributed by atoms with Crippen molar-refractivity contribution in [1.29, 1.82) is 0 Å². The zero-order valence-electron chi connectivity index (χ0n) is 10.9. The molecule has 1 aromatic heterocycles. The first-order valence-electron chi connectivity index (χ1n) is 6.27. The van der Waals surface area contributed by atoms with Crippen LogP contribution in [0.3, 0.4) is 0 Å². The van der Waals surface area contributed by atoms with Crippen molar-refractivity contribution in [2.75, 3.05) is 19.7 Å². The number of hydrogen-bond donors (Lipinski definition) is 2. The van der Waals surface area contributed by atoms with Gasteiger partial charge in [0, 0.05) is 31.1 Å². The number of nitrogens with one attached hydrogen (secondary N) is 1. The normalized spacial score (nSPS) is 21.7. The molecule has 2 N–H and O–H groups in total. The second-order valence-electron chi connectivity index (χ2n) is 4.74. The highest BCUT2D eigenvalue weighted by molar-refractivity contribution is 7.87. The van der Waals surface area contributed by atoms with E-state index < -0.39 is 10.2 Å². The molecule has 1 atom stereocenters. The van der Waals surface area contributed by atoms with Gasteiger partial charge in [0.25, 0.3) is 10.2 Å². The largest absolute Gasteiger partial charge is 0.396 e. The molecule has 6 nitrogen and oxygen atoms in total. The minimum Gasteiger partial charge on any atom is -0.396 e. The molecule has 2 rings (SSSR count). The Balaban J connectivity index is 1.96. The molecule has 0 aromatic carbocycles. The Hall–Kier alpha value is -0.540. The molecule has 0 radical (unpaired) electrons. The summed E-state index contributed by atoms with van der Waals surface area (Å²) in [5.74, 6) is 0.0514. The minimum absolute atomic E-state index is 0.0416. The number of aliphatic hydroxyl groups excluding tert-OH is 1. The lowest BCUT2D eigenvalue weighted by Gasteiger charge is -2.30. The van der Waals surface area contributed by atoms with Gasteiger partial charge in [0.05, 0.1) is 11.2 Å². The van der Waals surface area contributed by atoms with Crippen LogP contribution in [0, 0.1) is 12.8 Å². The van der Waals surface area contributed by atoms with Gasteiger partial charge in [-0.25, -0.2) is 4.98 Å². The maximum absolute atomic E-state index is 12.2. The van der Waals surface area contributed by atoms with Crippen LogP contribution >= 0.6 is 11.3 Å². The Morgan fingerprint density at radius 1 is 1.63 bits per heavy atom. The summed E-state index contributed by atoms with van der Waals surface area (Å²) in [5.41, 5.74) is 2.57. The molecule has 19 heavy (non-hydrogen) atoms. The number of aryl methyl sites for hydroxylation is 1. The van der Waals surface area contributed by atoms with Crippen LogP contribution < -0.4 is 4.72 Å². The van der Waals surface area contributed by atoms with Gasteiger partial charge in [-0.2, -0.15) is 17.4 Å². The summed E-state index contributed by atoms with van der Waals surface area (Å²) in [6.45, 7) is 3.10. The molecular formula is C11H19N3O3S2. The average molecular weight is 305 g/mol. The van der Waals surface area contributed by atoms with E-state index in [1.165, 1.54) is 15.6 Å². The zero-order valence-corrected chi connectivity index (χ0v) is 12.5. The number of aromatic nitrogens is 1. The van der Waals surface area contributed by atoms with Gasteiger partial charge >= 0.3 is 0 Å². The molecule has 1 saturated heterocycles. The molecule has 108 valence electrons. The van der Waals surface area contributed by atoms with E-state index in [0.29, 0.717) is 13.1 Å². The molecule has 1 aliphatic heterocycles. The van der Waals surface area contributed by atoms with Gasteiger partial charge in [-0.15, -0.1) is 11.3 Å². The van der Waals surface area contributed by atoms with Gasteiger partial charge in [-0.3, -0.25) is 0 Å². The van der Waals surface area contributed by atoms with Crippen molar-refractivity contribution in [3.8, 4) is 0 Å². The number of aliphatic hydroxyl groups is 1. The summed E-state index contributed by atoms with van der Waals surface area (Å²) in [7, 11) is -3.47. The van der Waals surface area contributed by atoms with Crippen LogP contribution in [0.5, 0.6) is 0 Å². The molecule has 0 saturated carbocycles. The van der Waals surface area contributed by atoms with E-state index in [1.54, 1.807) is 5.51 Å². The number of nitrogens with zero attached hydrogens (tertiary/aromatic N) is 2. The third-order valence-corrected chi connectivity index (χ3v) is 5.80. The van der Waals surface area contributed by atoms with Crippen LogP contribution in [0.15, 0.2) is 5.51 Å². The van der Waals surface area contributed by atoms with Gasteiger partial charge in [-0.1, -0.05) is 0 Å². The Morgan fingerprint density at radius 2 is 2.42 bits per heavy atom. The summed E-state index contributed by atoms with van der Waals surface area (Å²) < 4.78 is 28.4. The number of rotatable bonds is 5. The van der Waals surface area contributed by atoms with Crippen LogP contribution in [0.25, 0.3) is 0 Å². The Labute approximate surface area is 117 Å². The molecule has 8 heteroatoms. The van der Waals surface area contributed by atoms with Crippen molar-refractivity contribution in [3.05, 3.63) is 16.1 Å². The molecule has 0 aliphatic carbocycles. The van der Waals surface area contributed by atoms with Crippen LogP contribution in [-0.2, 0) is 16.8 Å². The number of piperidine rings is 1. The van der Waals surface area contributed by atoms with Crippen molar-refractivity contribution in [1.82, 2.24) is 14.0 Å². The molecule has 1 aliphatic rings. The molecule has 1 aromatic rings. The molecule has 1 fully saturated rings. The lowest BCUT2D eigenvalue weighted by molar-refractivity contribution is 0.164. The standard InChI is InChI=1S/C11H19N3O3S2/c1-9-11(18-8-12-9)5-13-19(16,17)14-4-2-3-10(6-14)7-15/h8,10,13,15H,2-7H2,1H3. The molecular weight excluding hydrogens is 286 g/mol. The lowest BCUT2D eigenvalue weighted by atomic mass is 10.0. The topological polar surface area (TPSA) is 82.5 Å². The van der Waals surface area contributed by atoms with Crippen LogP contribution in [-0.4, -0.2) is 42.5 Å². The van der Waals surface area contributed by atoms with E-state index in [4.69, 9.17) is 5.11 Å². The first-order valence-corrected chi connectivity index (χ1v) is 8.59. The van der Waals surface area contributed by atoms with Crippen LogP contribution in [0.1, 0.15) is 23.4 Å². The van der Waals surface area contributed by atoms with Crippen molar-refractivity contribution < 1.29 is 13.5 Å². The van der Waals surface area contributed by atoms with Gasteiger partial charge < -0.3 is 5.11 Å². The number of hydrogen-bond acceptors (Lipinski definition) is 5. The quantitative estimate of drug-likeness (QED) is 0.829. The van der Waals surface area contributed by atoms with E-state index in [9.17, 15) is 8.42 Å². The van der Waals surface area contributed by atoms with E-state index in [1.807, 2.05) is 6.92 Å². The van der Waals surface area contributed by atoms with Gasteiger partial charge in [0.1, 0.15) is 0 Å². The number of thiazole rings is 1. The van der Waals surface area contributed by atoms with Gasteiger partial charge in [-0.05, 0) is 25.7 Å². The van der Waals surface area contributed by atoms with E-state index in [2.05, 4.69) is 9.71 Å². The fourth-order valence-corrected chi connectivity index (χ4v) is 4.23. The maximum Gasteiger partial charge on any atom is 0.279 e. The second kappa shape index (κ2) is 6.27. The summed E-state index contributed by atoms with van der Waals surface area (Å²) in [4.78, 5) is 5.02. The Bertz CT molecular complexity index is 515. The lowest BCUT2D eigenvalue weighted by Crippen LogP contribution is -2.46. The fraction of sp³-hybridized carbons (Fsp3) is 0.727. The van der Waals surface area contributed by atoms with E-state index >= 15 is 0 Å². The fourth-order valence-electron chi connectivity index (χ4n) is 2.14. The van der Waals surface area contributed by atoms with Gasteiger partial charge in [0.15, 0.2) is 0 Å². The summed E-state index contributed by atoms with van der Waals surface area (Å²) in [6.07, 6.45) is 1.68. The molecule has 0 amide bonds. The van der Waals surface area contributed by atoms with E-state index in [0.717, 1.165) is 23.4 Å². The average Bonchev–Trinajstić information content (AvgIpc) is 2.82. The Kier molecular flexibility index (Phi) is 4.91. The van der Waals surface area contributed by atoms with E-state index in [-0.39, 0.29) is 19.1 Å². The van der Waals surface area contributed by atoms with Gasteiger partial charge in [0.2, 0.25) is 0 Å². The third-order valence-electron chi connectivity index (χ3n) is 3.34. The molecule has 2 heterocycles. The first kappa shape index (κ1) is 14.9. The highest BCUT2D eigenvalue weighted by Crippen LogP contribution is 2.19. The molecule has 0 bridgehead atoms. The van der Waals surface area contributed by atoms with Crippen LogP contribution in [0.4, 0.5) is 0 Å². The monoisotopic (exact) mass is 305 g/mol. The van der Waals surface area contributed by atoms with Crippen LogP contribution in [0.2, 0.25) is 0 Å². The predicted octanol–water partition coefficient (Wildman–Crippen LogP) is 0.490. The van der Waals surface area contributed by atoms with Crippen molar-refractivity contribution >= 4 is 21.5 Å².